The van der Waals surface area contributed by atoms with Crippen LogP contribution in [0.15, 0.2) is 22.7 Å². The van der Waals surface area contributed by atoms with E-state index >= 15 is 0 Å². The van der Waals surface area contributed by atoms with Crippen LogP contribution in [-0.4, -0.2) is 5.16 Å². The number of hydrogen-bond acceptors (Lipinski definition) is 3. The van der Waals surface area contributed by atoms with Crippen LogP contribution in [0.1, 0.15) is 28.1 Å². The Morgan fingerprint density at radius 3 is 2.48 bits per heavy atom. The third-order valence-electron chi connectivity index (χ3n) is 3.15. The molecule has 0 saturated carbocycles. The van der Waals surface area contributed by atoms with Gasteiger partial charge in [0.25, 0.3) is 0 Å². The summed E-state index contributed by atoms with van der Waals surface area (Å²) in [4.78, 5) is 0. The van der Waals surface area contributed by atoms with Gasteiger partial charge in [0.1, 0.15) is 11.6 Å². The molecule has 1 N–H and O–H groups in total. The summed E-state index contributed by atoms with van der Waals surface area (Å²) in [6.45, 7) is 4.15. The molecule has 0 amide bonds. The summed E-state index contributed by atoms with van der Waals surface area (Å²) in [5.41, 5.74) is 0.706. The molecule has 1 aromatic heterocycles. The van der Waals surface area contributed by atoms with E-state index in [1.807, 2.05) is 0 Å². The van der Waals surface area contributed by atoms with Gasteiger partial charge >= 0.3 is 6.18 Å². The smallest absolute Gasteiger partial charge is 0.361 e. The SMILES string of the molecule is Cc1noc(C)c1CNCc1ccc(F)c(C(F)(F)F)c1. The molecule has 0 atom stereocenters. The molecule has 0 saturated heterocycles. The zero-order chi connectivity index (χ0) is 15.6. The third kappa shape index (κ3) is 3.60. The van der Waals surface area contributed by atoms with Gasteiger partial charge < -0.3 is 9.84 Å². The van der Waals surface area contributed by atoms with Crippen molar-refractivity contribution < 1.29 is 22.1 Å². The van der Waals surface area contributed by atoms with Crippen LogP contribution in [0.3, 0.4) is 0 Å². The van der Waals surface area contributed by atoms with Crippen molar-refractivity contribution in [2.45, 2.75) is 33.1 Å². The Balaban J connectivity index is 2.04. The maximum atomic E-state index is 13.2. The number of nitrogens with zero attached hydrogens (tertiary/aromatic N) is 1. The van der Waals surface area contributed by atoms with Gasteiger partial charge in [-0.15, -0.1) is 0 Å². The minimum Gasteiger partial charge on any atom is -0.361 e. The number of rotatable bonds is 4. The molecule has 3 nitrogen and oxygen atoms in total. The molecule has 0 aliphatic heterocycles. The standard InChI is InChI=1S/C14H14F4N2O/c1-8-11(9(2)21-20-8)7-19-6-10-3-4-13(15)12(5-10)14(16,17)18/h3-5,19H,6-7H2,1-2H3. The molecule has 0 aliphatic rings. The molecule has 114 valence electrons. The fourth-order valence-electron chi connectivity index (χ4n) is 1.99. The molecule has 0 fully saturated rings. The highest BCUT2D eigenvalue weighted by molar-refractivity contribution is 5.27. The zero-order valence-corrected chi connectivity index (χ0v) is 11.5. The predicted molar refractivity (Wildman–Crippen MR) is 67.9 cm³/mol. The van der Waals surface area contributed by atoms with E-state index in [1.54, 1.807) is 13.8 Å². The van der Waals surface area contributed by atoms with Crippen LogP contribution in [0, 0.1) is 19.7 Å². The lowest BCUT2D eigenvalue weighted by Gasteiger charge is -2.10. The number of aryl methyl sites for hydroxylation is 2. The molecule has 0 bridgehead atoms. The van der Waals surface area contributed by atoms with Gasteiger partial charge in [0.05, 0.1) is 11.3 Å². The molecule has 7 heteroatoms. The lowest BCUT2D eigenvalue weighted by Crippen LogP contribution is -2.15. The van der Waals surface area contributed by atoms with Crippen molar-refractivity contribution in [2.75, 3.05) is 0 Å². The van der Waals surface area contributed by atoms with Gasteiger partial charge in [-0.2, -0.15) is 13.2 Å². The van der Waals surface area contributed by atoms with Crippen molar-refractivity contribution in [1.82, 2.24) is 10.5 Å². The summed E-state index contributed by atoms with van der Waals surface area (Å²) in [6, 6.07) is 2.97. The van der Waals surface area contributed by atoms with Gasteiger partial charge in [-0.05, 0) is 31.5 Å². The number of alkyl halides is 3. The van der Waals surface area contributed by atoms with E-state index in [-0.39, 0.29) is 6.54 Å². The Bertz CT molecular complexity index is 615. The molecular weight excluding hydrogens is 288 g/mol. The topological polar surface area (TPSA) is 38.1 Å². The van der Waals surface area contributed by atoms with Crippen LogP contribution in [0.25, 0.3) is 0 Å². The summed E-state index contributed by atoms with van der Waals surface area (Å²) >= 11 is 0. The highest BCUT2D eigenvalue weighted by Gasteiger charge is 2.34. The fraction of sp³-hybridized carbons (Fsp3) is 0.357. The van der Waals surface area contributed by atoms with E-state index in [9.17, 15) is 17.6 Å². The molecule has 0 radical (unpaired) electrons. The first-order valence-corrected chi connectivity index (χ1v) is 6.27. The van der Waals surface area contributed by atoms with Crippen LogP contribution in [0.5, 0.6) is 0 Å². The highest BCUT2D eigenvalue weighted by atomic mass is 19.4. The van der Waals surface area contributed by atoms with Crippen LogP contribution in [0.4, 0.5) is 17.6 Å². The Hall–Kier alpha value is -1.89. The molecule has 21 heavy (non-hydrogen) atoms. The van der Waals surface area contributed by atoms with Crippen LogP contribution < -0.4 is 5.32 Å². The number of nitrogens with one attached hydrogen (secondary N) is 1. The first-order chi connectivity index (χ1) is 9.79. The van der Waals surface area contributed by atoms with E-state index in [4.69, 9.17) is 4.52 Å². The van der Waals surface area contributed by atoms with Crippen molar-refractivity contribution in [3.8, 4) is 0 Å². The van der Waals surface area contributed by atoms with E-state index in [0.29, 0.717) is 17.9 Å². The monoisotopic (exact) mass is 302 g/mol. The average molecular weight is 302 g/mol. The van der Waals surface area contributed by atoms with Gasteiger partial charge in [-0.25, -0.2) is 4.39 Å². The third-order valence-corrected chi connectivity index (χ3v) is 3.15. The largest absolute Gasteiger partial charge is 0.419 e. The maximum Gasteiger partial charge on any atom is 0.419 e. The number of halogens is 4. The van der Waals surface area contributed by atoms with Crippen molar-refractivity contribution in [3.63, 3.8) is 0 Å². The molecule has 2 aromatic rings. The van der Waals surface area contributed by atoms with Crippen molar-refractivity contribution in [1.29, 1.82) is 0 Å². The summed E-state index contributed by atoms with van der Waals surface area (Å²) in [6.07, 6.45) is -4.69. The van der Waals surface area contributed by atoms with E-state index in [0.717, 1.165) is 23.4 Å². The normalized spacial score (nSPS) is 11.9. The van der Waals surface area contributed by atoms with Gasteiger partial charge in [-0.3, -0.25) is 0 Å². The molecule has 1 heterocycles. The first kappa shape index (κ1) is 15.5. The number of benzene rings is 1. The van der Waals surface area contributed by atoms with Gasteiger partial charge in [0.2, 0.25) is 0 Å². The average Bonchev–Trinajstić information content (AvgIpc) is 2.71. The maximum absolute atomic E-state index is 13.2. The molecule has 0 unspecified atom stereocenters. The van der Waals surface area contributed by atoms with Crippen LogP contribution in [0.2, 0.25) is 0 Å². The Kier molecular flexibility index (Phi) is 4.32. The Morgan fingerprint density at radius 2 is 1.90 bits per heavy atom. The number of hydrogen-bond donors (Lipinski definition) is 1. The van der Waals surface area contributed by atoms with Crippen molar-refractivity contribution >= 4 is 0 Å². The molecule has 0 spiro atoms. The lowest BCUT2D eigenvalue weighted by atomic mass is 10.1. The summed E-state index contributed by atoms with van der Waals surface area (Å²) in [5, 5.41) is 6.78. The second kappa shape index (κ2) is 5.85. The molecule has 1 aromatic carbocycles. The van der Waals surface area contributed by atoms with E-state index < -0.39 is 17.6 Å². The van der Waals surface area contributed by atoms with Crippen molar-refractivity contribution in [3.05, 3.63) is 52.2 Å². The Morgan fingerprint density at radius 1 is 1.19 bits per heavy atom. The lowest BCUT2D eigenvalue weighted by molar-refractivity contribution is -0.140. The zero-order valence-electron chi connectivity index (χ0n) is 11.5. The van der Waals surface area contributed by atoms with E-state index in [2.05, 4.69) is 10.5 Å². The molecule has 0 aliphatic carbocycles. The van der Waals surface area contributed by atoms with Crippen LogP contribution in [-0.2, 0) is 19.3 Å². The van der Waals surface area contributed by atoms with E-state index in [1.165, 1.54) is 6.07 Å². The van der Waals surface area contributed by atoms with Crippen molar-refractivity contribution in [2.24, 2.45) is 0 Å². The minimum atomic E-state index is -4.69. The molecular formula is C14H14F4N2O. The summed E-state index contributed by atoms with van der Waals surface area (Å²) in [7, 11) is 0. The predicted octanol–water partition coefficient (Wildman–Crippen LogP) is 3.74. The molecule has 2 rings (SSSR count). The first-order valence-electron chi connectivity index (χ1n) is 6.27. The van der Waals surface area contributed by atoms with Crippen LogP contribution >= 0.6 is 0 Å². The minimum absolute atomic E-state index is 0.188. The van der Waals surface area contributed by atoms with Gasteiger partial charge in [0.15, 0.2) is 0 Å². The van der Waals surface area contributed by atoms with Gasteiger partial charge in [-0.1, -0.05) is 11.2 Å². The summed E-state index contributed by atoms with van der Waals surface area (Å²) < 4.78 is 55.9. The highest BCUT2D eigenvalue weighted by Crippen LogP contribution is 2.31. The quantitative estimate of drug-likeness (QED) is 0.874. The second-order valence-electron chi connectivity index (χ2n) is 4.72. The number of aromatic nitrogens is 1. The summed E-state index contributed by atoms with van der Waals surface area (Å²) in [5.74, 6) is -0.605. The second-order valence-corrected chi connectivity index (χ2v) is 4.72. The Labute approximate surface area is 118 Å². The fourth-order valence-corrected chi connectivity index (χ4v) is 1.99. The van der Waals surface area contributed by atoms with Gasteiger partial charge in [0, 0.05) is 18.7 Å².